The highest BCUT2D eigenvalue weighted by Gasteiger charge is 2.41. The van der Waals surface area contributed by atoms with Crippen LogP contribution in [-0.2, 0) is 4.79 Å². The van der Waals surface area contributed by atoms with Crippen LogP contribution >= 0.6 is 15.9 Å². The molecule has 82 valence electrons. The lowest BCUT2D eigenvalue weighted by molar-refractivity contribution is -0.132. The SMILES string of the molecule is CCCCN(CCBr)C(=O)C1CC1C. The Balaban J connectivity index is 2.36. The lowest BCUT2D eigenvalue weighted by atomic mass is 10.2. The molecule has 1 fully saturated rings. The summed E-state index contributed by atoms with van der Waals surface area (Å²) in [5, 5.41) is 0.892. The van der Waals surface area contributed by atoms with Crippen molar-refractivity contribution < 1.29 is 4.79 Å². The molecule has 2 atom stereocenters. The van der Waals surface area contributed by atoms with Crippen molar-refractivity contribution in [3.05, 3.63) is 0 Å². The van der Waals surface area contributed by atoms with Gasteiger partial charge in [0.25, 0.3) is 0 Å². The van der Waals surface area contributed by atoms with Crippen LogP contribution in [0.25, 0.3) is 0 Å². The van der Waals surface area contributed by atoms with Gasteiger partial charge in [0.2, 0.25) is 5.91 Å². The average molecular weight is 262 g/mol. The number of alkyl halides is 1. The second-order valence-electron chi connectivity index (χ2n) is 4.19. The molecule has 0 bridgehead atoms. The Bertz CT molecular complexity index is 196. The molecule has 1 amide bonds. The molecule has 14 heavy (non-hydrogen) atoms. The summed E-state index contributed by atoms with van der Waals surface area (Å²) in [7, 11) is 0. The molecule has 1 aliphatic carbocycles. The summed E-state index contributed by atoms with van der Waals surface area (Å²) in [6.07, 6.45) is 3.38. The van der Waals surface area contributed by atoms with Crippen LogP contribution < -0.4 is 0 Å². The Hall–Kier alpha value is -0.0500. The van der Waals surface area contributed by atoms with E-state index in [-0.39, 0.29) is 0 Å². The van der Waals surface area contributed by atoms with E-state index in [1.165, 1.54) is 0 Å². The summed E-state index contributed by atoms with van der Waals surface area (Å²) < 4.78 is 0. The van der Waals surface area contributed by atoms with Crippen LogP contribution in [0.15, 0.2) is 0 Å². The standard InChI is InChI=1S/C11H20BrNO/c1-3-4-6-13(7-5-12)11(14)10-8-9(10)2/h9-10H,3-8H2,1-2H3. The second kappa shape index (κ2) is 5.74. The molecule has 2 unspecified atom stereocenters. The van der Waals surface area contributed by atoms with Crippen LogP contribution in [0.3, 0.4) is 0 Å². The number of hydrogen-bond donors (Lipinski definition) is 0. The Kier molecular flexibility index (Phi) is 4.93. The summed E-state index contributed by atoms with van der Waals surface area (Å²) >= 11 is 3.40. The molecule has 0 aromatic carbocycles. The number of rotatable bonds is 6. The van der Waals surface area contributed by atoms with Gasteiger partial charge >= 0.3 is 0 Å². The molecule has 0 N–H and O–H groups in total. The highest BCUT2D eigenvalue weighted by Crippen LogP contribution is 2.39. The van der Waals surface area contributed by atoms with Gasteiger partial charge in [-0.1, -0.05) is 36.2 Å². The van der Waals surface area contributed by atoms with Gasteiger partial charge in [0, 0.05) is 24.3 Å². The zero-order chi connectivity index (χ0) is 10.6. The van der Waals surface area contributed by atoms with E-state index in [0.29, 0.717) is 17.7 Å². The Morgan fingerprint density at radius 3 is 2.57 bits per heavy atom. The van der Waals surface area contributed by atoms with Crippen molar-refractivity contribution in [2.24, 2.45) is 11.8 Å². The Labute approximate surface area is 95.2 Å². The highest BCUT2D eigenvalue weighted by molar-refractivity contribution is 9.09. The summed E-state index contributed by atoms with van der Waals surface area (Å²) in [5.41, 5.74) is 0. The molecule has 0 heterocycles. The number of halogens is 1. The second-order valence-corrected chi connectivity index (χ2v) is 4.98. The third-order valence-electron chi connectivity index (χ3n) is 2.87. The smallest absolute Gasteiger partial charge is 0.225 e. The summed E-state index contributed by atoms with van der Waals surface area (Å²) in [4.78, 5) is 13.9. The largest absolute Gasteiger partial charge is 0.342 e. The summed E-state index contributed by atoms with van der Waals surface area (Å²) in [6.45, 7) is 6.12. The van der Waals surface area contributed by atoms with Crippen LogP contribution in [0.1, 0.15) is 33.1 Å². The lowest BCUT2D eigenvalue weighted by Gasteiger charge is -2.21. The third-order valence-corrected chi connectivity index (χ3v) is 3.23. The molecule has 1 aliphatic rings. The van der Waals surface area contributed by atoms with Crippen molar-refractivity contribution in [2.75, 3.05) is 18.4 Å². The molecule has 3 heteroatoms. The van der Waals surface area contributed by atoms with E-state index in [0.717, 1.165) is 37.7 Å². The lowest BCUT2D eigenvalue weighted by Crippen LogP contribution is -2.35. The molecule has 0 saturated heterocycles. The van der Waals surface area contributed by atoms with E-state index < -0.39 is 0 Å². The fourth-order valence-electron chi connectivity index (χ4n) is 1.68. The van der Waals surface area contributed by atoms with E-state index in [1.807, 2.05) is 4.90 Å². The molecule has 1 rings (SSSR count). The van der Waals surface area contributed by atoms with Crippen molar-refractivity contribution in [1.82, 2.24) is 4.90 Å². The summed E-state index contributed by atoms with van der Waals surface area (Å²) in [5.74, 6) is 1.35. The first-order valence-electron chi connectivity index (χ1n) is 5.55. The predicted octanol–water partition coefficient (Wildman–Crippen LogP) is 2.67. The van der Waals surface area contributed by atoms with Crippen molar-refractivity contribution in [1.29, 1.82) is 0 Å². The molecular formula is C11H20BrNO. The average Bonchev–Trinajstić information content (AvgIpc) is 2.89. The van der Waals surface area contributed by atoms with Crippen LogP contribution in [-0.4, -0.2) is 29.2 Å². The fraction of sp³-hybridized carbons (Fsp3) is 0.909. The number of amides is 1. The van der Waals surface area contributed by atoms with Gasteiger partial charge in [-0.15, -0.1) is 0 Å². The number of hydrogen-bond acceptors (Lipinski definition) is 1. The highest BCUT2D eigenvalue weighted by atomic mass is 79.9. The maximum Gasteiger partial charge on any atom is 0.225 e. The Morgan fingerprint density at radius 1 is 1.50 bits per heavy atom. The fourth-order valence-corrected chi connectivity index (χ4v) is 2.11. The van der Waals surface area contributed by atoms with E-state index >= 15 is 0 Å². The topological polar surface area (TPSA) is 20.3 Å². The monoisotopic (exact) mass is 261 g/mol. The first-order chi connectivity index (χ1) is 6.70. The zero-order valence-electron chi connectivity index (χ0n) is 9.13. The van der Waals surface area contributed by atoms with E-state index in [4.69, 9.17) is 0 Å². The normalized spacial score (nSPS) is 24.8. The van der Waals surface area contributed by atoms with Crippen LogP contribution in [0, 0.1) is 11.8 Å². The molecule has 0 radical (unpaired) electrons. The Morgan fingerprint density at radius 2 is 2.14 bits per heavy atom. The number of carbonyl (C=O) groups is 1. The van der Waals surface area contributed by atoms with Crippen LogP contribution in [0.5, 0.6) is 0 Å². The maximum absolute atomic E-state index is 11.9. The molecule has 0 spiro atoms. The molecule has 0 aromatic heterocycles. The maximum atomic E-state index is 11.9. The minimum atomic E-state index is 0.339. The molecule has 0 aromatic rings. The van der Waals surface area contributed by atoms with Gasteiger partial charge < -0.3 is 4.90 Å². The zero-order valence-corrected chi connectivity index (χ0v) is 10.7. The van der Waals surface area contributed by atoms with Gasteiger partial charge in [0.15, 0.2) is 0 Å². The van der Waals surface area contributed by atoms with Crippen molar-refractivity contribution in [2.45, 2.75) is 33.1 Å². The van der Waals surface area contributed by atoms with E-state index in [1.54, 1.807) is 0 Å². The van der Waals surface area contributed by atoms with Crippen molar-refractivity contribution in [3.63, 3.8) is 0 Å². The minimum absolute atomic E-state index is 0.339. The van der Waals surface area contributed by atoms with Crippen molar-refractivity contribution >= 4 is 21.8 Å². The van der Waals surface area contributed by atoms with Gasteiger partial charge in [0.05, 0.1) is 0 Å². The molecule has 0 aliphatic heterocycles. The molecule has 1 saturated carbocycles. The molecule has 2 nitrogen and oxygen atoms in total. The van der Waals surface area contributed by atoms with Gasteiger partial charge in [-0.2, -0.15) is 0 Å². The number of carbonyl (C=O) groups excluding carboxylic acids is 1. The van der Waals surface area contributed by atoms with Crippen molar-refractivity contribution in [3.8, 4) is 0 Å². The summed E-state index contributed by atoms with van der Waals surface area (Å²) in [6, 6.07) is 0. The van der Waals surface area contributed by atoms with Crippen LogP contribution in [0.4, 0.5) is 0 Å². The quantitative estimate of drug-likeness (QED) is 0.674. The number of nitrogens with zero attached hydrogens (tertiary/aromatic N) is 1. The minimum Gasteiger partial charge on any atom is -0.342 e. The van der Waals surface area contributed by atoms with Gasteiger partial charge in [-0.05, 0) is 18.8 Å². The first kappa shape index (κ1) is 12.0. The van der Waals surface area contributed by atoms with E-state index in [2.05, 4.69) is 29.8 Å². The van der Waals surface area contributed by atoms with Gasteiger partial charge in [-0.25, -0.2) is 0 Å². The van der Waals surface area contributed by atoms with Crippen LogP contribution in [0.2, 0.25) is 0 Å². The number of unbranched alkanes of at least 4 members (excludes halogenated alkanes) is 1. The third kappa shape index (κ3) is 3.26. The predicted molar refractivity (Wildman–Crippen MR) is 62.6 cm³/mol. The molecular weight excluding hydrogens is 242 g/mol. The van der Waals surface area contributed by atoms with E-state index in [9.17, 15) is 4.79 Å². The first-order valence-corrected chi connectivity index (χ1v) is 6.67. The van der Waals surface area contributed by atoms with Gasteiger partial charge in [-0.3, -0.25) is 4.79 Å². The van der Waals surface area contributed by atoms with Gasteiger partial charge in [0.1, 0.15) is 0 Å².